The van der Waals surface area contributed by atoms with Gasteiger partial charge in [-0.3, -0.25) is 14.8 Å². The highest BCUT2D eigenvalue weighted by atomic mass is 16.5. The summed E-state index contributed by atoms with van der Waals surface area (Å²) in [5.41, 5.74) is 5.51. The standard InChI is InChI=1S/C25H29N3O3/c29-23(27-31)15-12-18-10-13-19(14-11-18)24(25(30)20-6-2-1-3-7-20)28-17-16-26-21-8-4-5-9-22(21)28/h4-5,8-15,20,24,26,31H,1-3,6-7,16-17H2,(H,27,29)/b15-12+. The lowest BCUT2D eigenvalue weighted by molar-refractivity contribution is -0.125. The fourth-order valence-electron chi connectivity index (χ4n) is 4.68. The SMILES string of the molecule is O=C(/C=C/c1ccc(C(C(=O)C2CCCCC2)N2CCNc3ccccc32)cc1)NO. The molecule has 2 aliphatic rings. The Hall–Kier alpha value is -3.12. The molecule has 1 atom stereocenters. The number of amides is 1. The average molecular weight is 420 g/mol. The summed E-state index contributed by atoms with van der Waals surface area (Å²) in [6, 6.07) is 15.6. The third-order valence-electron chi connectivity index (χ3n) is 6.26. The molecule has 1 saturated carbocycles. The van der Waals surface area contributed by atoms with Crippen LogP contribution < -0.4 is 15.7 Å². The third kappa shape index (κ3) is 4.80. The zero-order valence-corrected chi connectivity index (χ0v) is 17.6. The molecular weight excluding hydrogens is 390 g/mol. The van der Waals surface area contributed by atoms with E-state index in [1.165, 1.54) is 12.5 Å². The number of nitrogens with one attached hydrogen (secondary N) is 2. The number of carbonyl (C=O) groups is 2. The zero-order valence-electron chi connectivity index (χ0n) is 17.6. The molecule has 162 valence electrons. The van der Waals surface area contributed by atoms with Crippen LogP contribution in [0.2, 0.25) is 0 Å². The predicted molar refractivity (Wildman–Crippen MR) is 122 cm³/mol. The van der Waals surface area contributed by atoms with Crippen molar-refractivity contribution in [2.24, 2.45) is 5.92 Å². The van der Waals surface area contributed by atoms with Crippen LogP contribution in [0, 0.1) is 5.92 Å². The number of hydroxylamine groups is 1. The minimum atomic E-state index is -0.577. The number of benzene rings is 2. The molecule has 1 unspecified atom stereocenters. The number of Topliss-reactive ketones (excluding diaryl/α,β-unsaturated/α-hetero) is 1. The van der Waals surface area contributed by atoms with Crippen LogP contribution >= 0.6 is 0 Å². The normalized spacial score (nSPS) is 17.6. The summed E-state index contributed by atoms with van der Waals surface area (Å²) in [5.74, 6) is -0.167. The fourth-order valence-corrected chi connectivity index (χ4v) is 4.68. The molecule has 6 heteroatoms. The molecule has 0 bridgehead atoms. The van der Waals surface area contributed by atoms with Gasteiger partial charge in [0.25, 0.3) is 5.91 Å². The van der Waals surface area contributed by atoms with E-state index in [0.29, 0.717) is 5.78 Å². The van der Waals surface area contributed by atoms with Crippen LogP contribution in [-0.4, -0.2) is 30.0 Å². The lowest BCUT2D eigenvalue weighted by Gasteiger charge is -2.39. The molecule has 4 rings (SSSR count). The molecule has 0 spiro atoms. The molecule has 2 aromatic rings. The Morgan fingerprint density at radius 1 is 1.06 bits per heavy atom. The van der Waals surface area contributed by atoms with Crippen LogP contribution in [0.4, 0.5) is 11.4 Å². The topological polar surface area (TPSA) is 81.7 Å². The Morgan fingerprint density at radius 3 is 2.55 bits per heavy atom. The Labute approximate surface area is 182 Å². The molecule has 31 heavy (non-hydrogen) atoms. The Morgan fingerprint density at radius 2 is 1.81 bits per heavy atom. The number of ketones is 1. The maximum Gasteiger partial charge on any atom is 0.267 e. The summed E-state index contributed by atoms with van der Waals surface area (Å²) in [5, 5.41) is 12.1. The Balaban J connectivity index is 1.67. The van der Waals surface area contributed by atoms with Crippen molar-refractivity contribution in [1.82, 2.24) is 5.48 Å². The summed E-state index contributed by atoms with van der Waals surface area (Å²) in [7, 11) is 0. The molecule has 1 heterocycles. The van der Waals surface area contributed by atoms with Gasteiger partial charge in [-0.1, -0.05) is 55.7 Å². The molecule has 1 amide bonds. The number of rotatable bonds is 6. The fraction of sp³-hybridized carbons (Fsp3) is 0.360. The van der Waals surface area contributed by atoms with Gasteiger partial charge in [-0.25, -0.2) is 5.48 Å². The maximum absolute atomic E-state index is 13.8. The monoisotopic (exact) mass is 419 g/mol. The summed E-state index contributed by atoms with van der Waals surface area (Å²) in [4.78, 5) is 27.3. The maximum atomic E-state index is 13.8. The highest BCUT2D eigenvalue weighted by Gasteiger charge is 2.35. The largest absolute Gasteiger partial charge is 0.382 e. The van der Waals surface area contributed by atoms with Crippen LogP contribution in [0.5, 0.6) is 0 Å². The van der Waals surface area contributed by atoms with Gasteiger partial charge in [-0.2, -0.15) is 0 Å². The van der Waals surface area contributed by atoms with Crippen molar-refractivity contribution in [2.45, 2.75) is 38.1 Å². The first-order valence-electron chi connectivity index (χ1n) is 11.0. The third-order valence-corrected chi connectivity index (χ3v) is 6.26. The number of hydrogen-bond acceptors (Lipinski definition) is 5. The molecule has 3 N–H and O–H groups in total. The van der Waals surface area contributed by atoms with Gasteiger partial charge in [0.2, 0.25) is 0 Å². The van der Waals surface area contributed by atoms with Crippen LogP contribution in [-0.2, 0) is 9.59 Å². The molecule has 6 nitrogen and oxygen atoms in total. The second-order valence-corrected chi connectivity index (χ2v) is 8.25. The minimum absolute atomic E-state index is 0.105. The van der Waals surface area contributed by atoms with E-state index in [9.17, 15) is 9.59 Å². The van der Waals surface area contributed by atoms with Gasteiger partial charge < -0.3 is 10.2 Å². The quantitative estimate of drug-likeness (QED) is 0.369. The summed E-state index contributed by atoms with van der Waals surface area (Å²) in [6.45, 7) is 1.56. The van der Waals surface area contributed by atoms with E-state index < -0.39 is 5.91 Å². The summed E-state index contributed by atoms with van der Waals surface area (Å²) >= 11 is 0. The van der Waals surface area contributed by atoms with Gasteiger partial charge in [0.15, 0.2) is 5.78 Å². The molecule has 1 fully saturated rings. The zero-order chi connectivity index (χ0) is 21.6. The predicted octanol–water partition coefficient (Wildman–Crippen LogP) is 4.33. The number of carbonyl (C=O) groups excluding carboxylic acids is 2. The van der Waals surface area contributed by atoms with Gasteiger partial charge in [-0.05, 0) is 42.2 Å². The smallest absolute Gasteiger partial charge is 0.267 e. The van der Waals surface area contributed by atoms with E-state index >= 15 is 0 Å². The van der Waals surface area contributed by atoms with E-state index in [1.807, 2.05) is 36.4 Å². The second-order valence-electron chi connectivity index (χ2n) is 8.25. The molecule has 2 aromatic carbocycles. The van der Waals surface area contributed by atoms with E-state index in [2.05, 4.69) is 22.3 Å². The number of anilines is 2. The number of hydrogen-bond donors (Lipinski definition) is 3. The second kappa shape index (κ2) is 9.79. The van der Waals surface area contributed by atoms with Crippen molar-refractivity contribution in [3.63, 3.8) is 0 Å². The van der Waals surface area contributed by atoms with E-state index in [0.717, 1.165) is 61.3 Å². The van der Waals surface area contributed by atoms with Crippen LogP contribution in [0.25, 0.3) is 6.08 Å². The number of fused-ring (bicyclic) bond motifs is 1. The molecule has 1 aliphatic heterocycles. The van der Waals surface area contributed by atoms with Gasteiger partial charge in [-0.15, -0.1) is 0 Å². The van der Waals surface area contributed by atoms with Crippen molar-refractivity contribution in [2.75, 3.05) is 23.3 Å². The summed E-state index contributed by atoms with van der Waals surface area (Å²) in [6.07, 6.45) is 8.31. The first-order valence-corrected chi connectivity index (χ1v) is 11.0. The number of para-hydroxylation sites is 2. The Bertz CT molecular complexity index is 949. The van der Waals surface area contributed by atoms with Crippen molar-refractivity contribution >= 4 is 29.1 Å². The van der Waals surface area contributed by atoms with Gasteiger partial charge >= 0.3 is 0 Å². The van der Waals surface area contributed by atoms with Gasteiger partial charge in [0.1, 0.15) is 6.04 Å². The van der Waals surface area contributed by atoms with Gasteiger partial charge in [0.05, 0.1) is 11.4 Å². The molecule has 0 saturated heterocycles. The summed E-state index contributed by atoms with van der Waals surface area (Å²) < 4.78 is 0. The van der Waals surface area contributed by atoms with Crippen LogP contribution in [0.15, 0.2) is 54.6 Å². The van der Waals surface area contributed by atoms with Crippen LogP contribution in [0.1, 0.15) is 49.3 Å². The minimum Gasteiger partial charge on any atom is -0.382 e. The van der Waals surface area contributed by atoms with Crippen molar-refractivity contribution in [3.05, 3.63) is 65.7 Å². The van der Waals surface area contributed by atoms with E-state index in [-0.39, 0.29) is 12.0 Å². The first-order chi connectivity index (χ1) is 15.2. The average Bonchev–Trinajstić information content (AvgIpc) is 2.84. The van der Waals surface area contributed by atoms with Gasteiger partial charge in [0, 0.05) is 25.1 Å². The lowest BCUT2D eigenvalue weighted by atomic mass is 9.81. The van der Waals surface area contributed by atoms with Crippen molar-refractivity contribution in [3.8, 4) is 0 Å². The number of nitrogens with zero attached hydrogens (tertiary/aromatic N) is 1. The van der Waals surface area contributed by atoms with Crippen LogP contribution in [0.3, 0.4) is 0 Å². The van der Waals surface area contributed by atoms with Crippen molar-refractivity contribution in [1.29, 1.82) is 0 Å². The molecule has 1 aliphatic carbocycles. The highest BCUT2D eigenvalue weighted by Crippen LogP contribution is 2.39. The van der Waals surface area contributed by atoms with Crippen molar-refractivity contribution < 1.29 is 14.8 Å². The van der Waals surface area contributed by atoms with E-state index in [4.69, 9.17) is 5.21 Å². The van der Waals surface area contributed by atoms with E-state index in [1.54, 1.807) is 11.6 Å². The first kappa shape index (κ1) is 21.1. The Kier molecular flexibility index (Phi) is 6.67. The molecule has 0 aromatic heterocycles. The molecular formula is C25H29N3O3. The highest BCUT2D eigenvalue weighted by molar-refractivity contribution is 5.93. The lowest BCUT2D eigenvalue weighted by Crippen LogP contribution is -2.42. The molecule has 0 radical (unpaired) electrons.